The van der Waals surface area contributed by atoms with E-state index in [0.29, 0.717) is 12.3 Å². The summed E-state index contributed by atoms with van der Waals surface area (Å²) in [5.41, 5.74) is 0.992. The number of amides is 1. The van der Waals surface area contributed by atoms with E-state index >= 15 is 0 Å². The topological polar surface area (TPSA) is 41.1 Å². The standard InChI is InChI=1S/C15H21ClN2O/c16-10-4-7-14(19)18-15(8-11-17-12-9-15)13-5-2-1-3-6-13/h1-3,5-6,17H,4,7-12H2,(H,18,19). The molecule has 0 radical (unpaired) electrons. The number of piperidine rings is 1. The maximum absolute atomic E-state index is 12.1. The van der Waals surface area contributed by atoms with Crippen molar-refractivity contribution in [1.82, 2.24) is 10.6 Å². The highest BCUT2D eigenvalue weighted by Crippen LogP contribution is 2.30. The molecule has 19 heavy (non-hydrogen) atoms. The lowest BCUT2D eigenvalue weighted by Gasteiger charge is -2.39. The number of rotatable bonds is 5. The average molecular weight is 281 g/mol. The van der Waals surface area contributed by atoms with Crippen molar-refractivity contribution in [1.29, 1.82) is 0 Å². The second-order valence-electron chi connectivity index (χ2n) is 5.04. The lowest BCUT2D eigenvalue weighted by molar-refractivity contribution is -0.123. The fraction of sp³-hybridized carbons (Fsp3) is 0.533. The van der Waals surface area contributed by atoms with Gasteiger partial charge in [-0.15, -0.1) is 11.6 Å². The van der Waals surface area contributed by atoms with Crippen molar-refractivity contribution in [3.63, 3.8) is 0 Å². The molecule has 1 aromatic rings. The molecule has 1 aliphatic heterocycles. The molecule has 1 aromatic carbocycles. The third kappa shape index (κ3) is 3.71. The Morgan fingerprint density at radius 3 is 2.58 bits per heavy atom. The Hall–Kier alpha value is -1.06. The van der Waals surface area contributed by atoms with E-state index in [0.717, 1.165) is 32.4 Å². The monoisotopic (exact) mass is 280 g/mol. The molecule has 1 fully saturated rings. The largest absolute Gasteiger partial charge is 0.346 e. The van der Waals surface area contributed by atoms with Crippen molar-refractivity contribution >= 4 is 17.5 Å². The van der Waals surface area contributed by atoms with Gasteiger partial charge in [0.15, 0.2) is 0 Å². The SMILES string of the molecule is O=C(CCCCl)NC1(c2ccccc2)CCNCC1. The van der Waals surface area contributed by atoms with Crippen molar-refractivity contribution in [2.24, 2.45) is 0 Å². The highest BCUT2D eigenvalue weighted by atomic mass is 35.5. The Kier molecular flexibility index (Phi) is 5.23. The predicted octanol–water partition coefficient (Wildman–Crippen LogP) is 2.40. The summed E-state index contributed by atoms with van der Waals surface area (Å²) in [5, 5.41) is 6.60. The summed E-state index contributed by atoms with van der Waals surface area (Å²) < 4.78 is 0. The summed E-state index contributed by atoms with van der Waals surface area (Å²) in [6.45, 7) is 1.87. The zero-order valence-corrected chi connectivity index (χ0v) is 11.9. The van der Waals surface area contributed by atoms with E-state index in [4.69, 9.17) is 11.6 Å². The number of halogens is 1. The number of alkyl halides is 1. The van der Waals surface area contributed by atoms with E-state index < -0.39 is 0 Å². The first kappa shape index (κ1) is 14.4. The smallest absolute Gasteiger partial charge is 0.220 e. The van der Waals surface area contributed by atoms with Crippen LogP contribution in [0, 0.1) is 0 Å². The number of hydrogen-bond acceptors (Lipinski definition) is 2. The summed E-state index contributed by atoms with van der Waals surface area (Å²) in [7, 11) is 0. The van der Waals surface area contributed by atoms with Crippen LogP contribution in [0.3, 0.4) is 0 Å². The van der Waals surface area contributed by atoms with Gasteiger partial charge in [-0.3, -0.25) is 4.79 Å². The van der Waals surface area contributed by atoms with Crippen LogP contribution in [0.25, 0.3) is 0 Å². The van der Waals surface area contributed by atoms with Gasteiger partial charge < -0.3 is 10.6 Å². The molecule has 2 N–H and O–H groups in total. The summed E-state index contributed by atoms with van der Waals surface area (Å²) in [4.78, 5) is 12.1. The normalized spacial score (nSPS) is 17.9. The van der Waals surface area contributed by atoms with E-state index in [1.165, 1.54) is 5.56 Å². The first-order chi connectivity index (χ1) is 9.27. The first-order valence-electron chi connectivity index (χ1n) is 6.90. The molecule has 3 nitrogen and oxygen atoms in total. The van der Waals surface area contributed by atoms with Gasteiger partial charge in [-0.05, 0) is 37.9 Å². The Balaban J connectivity index is 2.13. The van der Waals surface area contributed by atoms with Crippen molar-refractivity contribution in [2.75, 3.05) is 19.0 Å². The summed E-state index contributed by atoms with van der Waals surface area (Å²) >= 11 is 5.65. The van der Waals surface area contributed by atoms with Crippen LogP contribution in [0.4, 0.5) is 0 Å². The number of benzene rings is 1. The van der Waals surface area contributed by atoms with Crippen LogP contribution in [0.5, 0.6) is 0 Å². The lowest BCUT2D eigenvalue weighted by atomic mass is 9.81. The van der Waals surface area contributed by atoms with Gasteiger partial charge in [0.2, 0.25) is 5.91 Å². The predicted molar refractivity (Wildman–Crippen MR) is 78.3 cm³/mol. The fourth-order valence-corrected chi connectivity index (χ4v) is 2.79. The quantitative estimate of drug-likeness (QED) is 0.813. The number of nitrogens with one attached hydrogen (secondary N) is 2. The second kappa shape index (κ2) is 6.92. The molecule has 1 heterocycles. The fourth-order valence-electron chi connectivity index (χ4n) is 2.65. The van der Waals surface area contributed by atoms with Gasteiger partial charge in [-0.1, -0.05) is 30.3 Å². The van der Waals surface area contributed by atoms with E-state index in [2.05, 4.69) is 22.8 Å². The van der Waals surface area contributed by atoms with E-state index in [9.17, 15) is 4.79 Å². The van der Waals surface area contributed by atoms with Crippen LogP contribution in [0.1, 0.15) is 31.2 Å². The maximum atomic E-state index is 12.1. The Morgan fingerprint density at radius 1 is 1.26 bits per heavy atom. The maximum Gasteiger partial charge on any atom is 0.220 e. The van der Waals surface area contributed by atoms with Crippen LogP contribution in [0.15, 0.2) is 30.3 Å². The van der Waals surface area contributed by atoms with Gasteiger partial charge >= 0.3 is 0 Å². The van der Waals surface area contributed by atoms with Crippen LogP contribution in [-0.2, 0) is 10.3 Å². The van der Waals surface area contributed by atoms with Crippen LogP contribution >= 0.6 is 11.6 Å². The molecule has 2 rings (SSSR count). The lowest BCUT2D eigenvalue weighted by Crippen LogP contribution is -2.52. The van der Waals surface area contributed by atoms with Gasteiger partial charge in [-0.2, -0.15) is 0 Å². The molecule has 1 aliphatic rings. The number of hydrogen-bond donors (Lipinski definition) is 2. The van der Waals surface area contributed by atoms with E-state index in [1.807, 2.05) is 18.2 Å². The molecular formula is C15H21ClN2O. The molecule has 104 valence electrons. The molecule has 1 amide bonds. The van der Waals surface area contributed by atoms with Gasteiger partial charge in [0, 0.05) is 12.3 Å². The number of carbonyl (C=O) groups excluding carboxylic acids is 1. The second-order valence-corrected chi connectivity index (χ2v) is 5.42. The van der Waals surface area contributed by atoms with Crippen LogP contribution < -0.4 is 10.6 Å². The third-order valence-electron chi connectivity index (χ3n) is 3.70. The average Bonchev–Trinajstić information content (AvgIpc) is 2.47. The number of carbonyl (C=O) groups is 1. The third-order valence-corrected chi connectivity index (χ3v) is 3.97. The molecule has 0 atom stereocenters. The zero-order valence-electron chi connectivity index (χ0n) is 11.1. The van der Waals surface area contributed by atoms with Crippen molar-refractivity contribution in [3.8, 4) is 0 Å². The van der Waals surface area contributed by atoms with Crippen molar-refractivity contribution in [2.45, 2.75) is 31.2 Å². The highest BCUT2D eigenvalue weighted by molar-refractivity contribution is 6.17. The van der Waals surface area contributed by atoms with E-state index in [-0.39, 0.29) is 11.4 Å². The Morgan fingerprint density at radius 2 is 1.95 bits per heavy atom. The summed E-state index contributed by atoms with van der Waals surface area (Å²) in [5.74, 6) is 0.638. The minimum Gasteiger partial charge on any atom is -0.346 e. The highest BCUT2D eigenvalue weighted by Gasteiger charge is 2.34. The Bertz CT molecular complexity index is 402. The molecular weight excluding hydrogens is 260 g/mol. The van der Waals surface area contributed by atoms with Crippen molar-refractivity contribution in [3.05, 3.63) is 35.9 Å². The summed E-state index contributed by atoms with van der Waals surface area (Å²) in [6.07, 6.45) is 3.11. The molecule has 0 aliphatic carbocycles. The molecule has 0 unspecified atom stereocenters. The van der Waals surface area contributed by atoms with Gasteiger partial charge in [0.25, 0.3) is 0 Å². The first-order valence-corrected chi connectivity index (χ1v) is 7.43. The van der Waals surface area contributed by atoms with Crippen molar-refractivity contribution < 1.29 is 4.79 Å². The molecule has 0 bridgehead atoms. The molecule has 1 saturated heterocycles. The van der Waals surface area contributed by atoms with Gasteiger partial charge in [0.1, 0.15) is 0 Å². The van der Waals surface area contributed by atoms with Gasteiger partial charge in [-0.25, -0.2) is 0 Å². The van der Waals surface area contributed by atoms with Crippen LogP contribution in [-0.4, -0.2) is 24.9 Å². The molecule has 4 heteroatoms. The summed E-state index contributed by atoms with van der Waals surface area (Å²) in [6, 6.07) is 10.3. The zero-order chi connectivity index (χ0) is 13.6. The molecule has 0 saturated carbocycles. The van der Waals surface area contributed by atoms with E-state index in [1.54, 1.807) is 0 Å². The molecule has 0 aromatic heterocycles. The Labute approximate surface area is 119 Å². The van der Waals surface area contributed by atoms with Crippen LogP contribution in [0.2, 0.25) is 0 Å². The minimum atomic E-state index is -0.212. The minimum absolute atomic E-state index is 0.103. The molecule has 0 spiro atoms. The van der Waals surface area contributed by atoms with Gasteiger partial charge in [0.05, 0.1) is 5.54 Å².